The molecule has 1 atom stereocenters. The molecular formula is C21H22FN5O. The van der Waals surface area contributed by atoms with Gasteiger partial charge < -0.3 is 5.32 Å². The van der Waals surface area contributed by atoms with Crippen LogP contribution in [-0.4, -0.2) is 26.1 Å². The highest BCUT2D eigenvalue weighted by atomic mass is 19.1. The summed E-state index contributed by atoms with van der Waals surface area (Å²) in [6.07, 6.45) is 6.71. The average molecular weight is 379 g/mol. The molecule has 0 aliphatic heterocycles. The Bertz CT molecular complexity index is 966. The fourth-order valence-electron chi connectivity index (χ4n) is 3.91. The largest absolute Gasteiger partial charge is 0.346 e. The molecule has 2 N–H and O–H groups in total. The van der Waals surface area contributed by atoms with E-state index in [-0.39, 0.29) is 17.8 Å². The predicted octanol–water partition coefficient (Wildman–Crippen LogP) is 3.70. The number of halogens is 1. The van der Waals surface area contributed by atoms with E-state index in [2.05, 4.69) is 25.5 Å². The minimum Gasteiger partial charge on any atom is -0.346 e. The first kappa shape index (κ1) is 18.3. The summed E-state index contributed by atoms with van der Waals surface area (Å²) in [6, 6.07) is 9.73. The maximum absolute atomic E-state index is 13.8. The van der Waals surface area contributed by atoms with Crippen LogP contribution in [-0.2, 0) is 10.2 Å². The third-order valence-electron chi connectivity index (χ3n) is 5.45. The lowest BCUT2D eigenvalue weighted by Gasteiger charge is -2.29. The molecule has 0 saturated heterocycles. The van der Waals surface area contributed by atoms with Crippen LogP contribution in [0.4, 0.5) is 4.39 Å². The molecule has 1 amide bonds. The lowest BCUT2D eigenvalue weighted by molar-refractivity contribution is -0.127. The summed E-state index contributed by atoms with van der Waals surface area (Å²) in [4.78, 5) is 21.8. The summed E-state index contributed by atoms with van der Waals surface area (Å²) < 4.78 is 13.8. The first-order chi connectivity index (χ1) is 13.6. The number of nitrogens with one attached hydrogen (secondary N) is 2. The van der Waals surface area contributed by atoms with E-state index in [1.165, 1.54) is 12.1 Å². The van der Waals surface area contributed by atoms with E-state index in [0.717, 1.165) is 24.0 Å². The van der Waals surface area contributed by atoms with Crippen molar-refractivity contribution >= 4 is 5.91 Å². The molecule has 0 bridgehead atoms. The number of H-pyrrole nitrogens is 1. The molecule has 1 saturated carbocycles. The van der Waals surface area contributed by atoms with Gasteiger partial charge >= 0.3 is 0 Å². The van der Waals surface area contributed by atoms with E-state index in [1.54, 1.807) is 18.5 Å². The zero-order valence-electron chi connectivity index (χ0n) is 15.7. The fourth-order valence-corrected chi connectivity index (χ4v) is 3.91. The minimum absolute atomic E-state index is 0.0950. The van der Waals surface area contributed by atoms with E-state index < -0.39 is 5.41 Å². The predicted molar refractivity (Wildman–Crippen MR) is 103 cm³/mol. The Morgan fingerprint density at radius 3 is 2.79 bits per heavy atom. The normalized spacial score (nSPS) is 16.6. The Balaban J connectivity index is 1.54. The summed E-state index contributed by atoms with van der Waals surface area (Å²) >= 11 is 0. The molecule has 1 aliphatic rings. The average Bonchev–Trinajstić information content (AvgIpc) is 3.39. The zero-order chi connectivity index (χ0) is 19.6. The van der Waals surface area contributed by atoms with Crippen molar-refractivity contribution in [1.29, 1.82) is 0 Å². The van der Waals surface area contributed by atoms with Crippen molar-refractivity contribution in [2.75, 3.05) is 0 Å². The quantitative estimate of drug-likeness (QED) is 0.708. The maximum atomic E-state index is 13.8. The number of aromatic amines is 1. The van der Waals surface area contributed by atoms with E-state index >= 15 is 0 Å². The molecule has 0 unspecified atom stereocenters. The van der Waals surface area contributed by atoms with Crippen LogP contribution in [0.2, 0.25) is 0 Å². The van der Waals surface area contributed by atoms with Crippen LogP contribution in [0, 0.1) is 5.82 Å². The monoisotopic (exact) mass is 379 g/mol. The number of rotatable bonds is 5. The number of carbonyl (C=O) groups excluding carboxylic acids is 1. The maximum Gasteiger partial charge on any atom is 0.231 e. The van der Waals surface area contributed by atoms with E-state index in [1.807, 2.05) is 25.1 Å². The molecule has 2 heterocycles. The Morgan fingerprint density at radius 2 is 2.07 bits per heavy atom. The number of nitrogens with zero attached hydrogens (tertiary/aromatic N) is 3. The second-order valence-corrected chi connectivity index (χ2v) is 7.28. The van der Waals surface area contributed by atoms with E-state index in [9.17, 15) is 9.18 Å². The number of aromatic nitrogens is 4. The number of hydrogen-bond acceptors (Lipinski definition) is 4. The lowest BCUT2D eigenvalue weighted by Crippen LogP contribution is -2.43. The number of carbonyl (C=O) groups is 1. The van der Waals surface area contributed by atoms with Gasteiger partial charge in [0.2, 0.25) is 5.91 Å². The minimum atomic E-state index is -0.692. The number of hydrogen-bond donors (Lipinski definition) is 2. The number of pyridine rings is 1. The van der Waals surface area contributed by atoms with Gasteiger partial charge in [-0.1, -0.05) is 25.0 Å². The molecule has 1 aliphatic carbocycles. The van der Waals surface area contributed by atoms with E-state index in [4.69, 9.17) is 0 Å². The molecule has 0 radical (unpaired) electrons. The molecule has 1 aromatic carbocycles. The summed E-state index contributed by atoms with van der Waals surface area (Å²) in [7, 11) is 0. The molecule has 7 heteroatoms. The summed E-state index contributed by atoms with van der Waals surface area (Å²) in [5.74, 6) is 0.688. The van der Waals surface area contributed by atoms with Crippen molar-refractivity contribution in [2.24, 2.45) is 0 Å². The van der Waals surface area contributed by atoms with E-state index in [0.29, 0.717) is 24.5 Å². The van der Waals surface area contributed by atoms with Crippen LogP contribution < -0.4 is 5.32 Å². The molecule has 1 fully saturated rings. The molecule has 0 spiro atoms. The summed E-state index contributed by atoms with van der Waals surface area (Å²) in [5.41, 5.74) is 0.849. The van der Waals surface area contributed by atoms with Gasteiger partial charge in [-0.25, -0.2) is 9.37 Å². The first-order valence-corrected chi connectivity index (χ1v) is 9.48. The van der Waals surface area contributed by atoms with Gasteiger partial charge in [0.05, 0.1) is 11.5 Å². The third-order valence-corrected chi connectivity index (χ3v) is 5.45. The Hall–Kier alpha value is -3.09. The van der Waals surface area contributed by atoms with Crippen LogP contribution in [0.25, 0.3) is 11.4 Å². The lowest BCUT2D eigenvalue weighted by atomic mass is 9.77. The van der Waals surface area contributed by atoms with Crippen molar-refractivity contribution in [2.45, 2.75) is 44.1 Å². The molecule has 144 valence electrons. The molecule has 28 heavy (non-hydrogen) atoms. The third kappa shape index (κ3) is 3.40. The van der Waals surface area contributed by atoms with Gasteiger partial charge in [-0.05, 0) is 49.6 Å². The van der Waals surface area contributed by atoms with Crippen molar-refractivity contribution in [3.63, 3.8) is 0 Å². The fraction of sp³-hybridized carbons (Fsp3) is 0.333. The van der Waals surface area contributed by atoms with Crippen LogP contribution in [0.3, 0.4) is 0 Å². The van der Waals surface area contributed by atoms with Crippen LogP contribution in [0.1, 0.15) is 50.0 Å². The van der Waals surface area contributed by atoms with Crippen LogP contribution in [0.5, 0.6) is 0 Å². The molecular weight excluding hydrogens is 357 g/mol. The molecule has 3 aromatic rings. The van der Waals surface area contributed by atoms with Crippen molar-refractivity contribution in [3.05, 3.63) is 66.0 Å². The second-order valence-electron chi connectivity index (χ2n) is 7.28. The highest BCUT2D eigenvalue weighted by Gasteiger charge is 2.43. The van der Waals surface area contributed by atoms with Gasteiger partial charge in [0, 0.05) is 18.0 Å². The Labute approximate surface area is 162 Å². The van der Waals surface area contributed by atoms with Crippen LogP contribution in [0.15, 0.2) is 48.8 Å². The molecule has 2 aromatic heterocycles. The second kappa shape index (κ2) is 7.50. The standard InChI is InChI=1S/C21H22FN5O/c1-14(18-25-19(27-26-18)15-6-5-11-23-13-15)24-20(28)21(9-2-3-10-21)16-7-4-8-17(22)12-16/h4-8,11-14H,2-3,9-10H2,1H3,(H,24,28)(H,25,26,27)/t14-/m1/s1. The van der Waals surface area contributed by atoms with Gasteiger partial charge in [0.15, 0.2) is 5.82 Å². The summed E-state index contributed by atoms with van der Waals surface area (Å²) in [6.45, 7) is 1.86. The van der Waals surface area contributed by atoms with Crippen LogP contribution >= 0.6 is 0 Å². The smallest absolute Gasteiger partial charge is 0.231 e. The van der Waals surface area contributed by atoms with Gasteiger partial charge in [-0.15, -0.1) is 0 Å². The molecule has 6 nitrogen and oxygen atoms in total. The van der Waals surface area contributed by atoms with Crippen molar-refractivity contribution in [1.82, 2.24) is 25.5 Å². The first-order valence-electron chi connectivity index (χ1n) is 9.48. The highest BCUT2D eigenvalue weighted by Crippen LogP contribution is 2.42. The van der Waals surface area contributed by atoms with Crippen molar-refractivity contribution in [3.8, 4) is 11.4 Å². The van der Waals surface area contributed by atoms with Gasteiger partial charge in [-0.3, -0.25) is 14.9 Å². The number of benzene rings is 1. The topological polar surface area (TPSA) is 83.6 Å². The summed E-state index contributed by atoms with van der Waals surface area (Å²) in [5, 5.41) is 10.2. The van der Waals surface area contributed by atoms with Gasteiger partial charge in [0.1, 0.15) is 11.6 Å². The zero-order valence-corrected chi connectivity index (χ0v) is 15.7. The van der Waals surface area contributed by atoms with Crippen molar-refractivity contribution < 1.29 is 9.18 Å². The Kier molecular flexibility index (Phi) is 4.90. The van der Waals surface area contributed by atoms with Gasteiger partial charge in [0.25, 0.3) is 0 Å². The SMILES string of the molecule is C[C@@H](NC(=O)C1(c2cccc(F)c2)CCCC1)c1nc(-c2cccnc2)n[nH]1. The Morgan fingerprint density at radius 1 is 1.25 bits per heavy atom. The van der Waals surface area contributed by atoms with Gasteiger partial charge in [-0.2, -0.15) is 5.10 Å². The highest BCUT2D eigenvalue weighted by molar-refractivity contribution is 5.88. The number of amides is 1. The molecule has 4 rings (SSSR count).